The van der Waals surface area contributed by atoms with Gasteiger partial charge in [-0.3, -0.25) is 4.79 Å². The smallest absolute Gasteiger partial charge is 0.224 e. The van der Waals surface area contributed by atoms with Crippen LogP contribution in [0.15, 0.2) is 0 Å². The molecule has 0 radical (unpaired) electrons. The Labute approximate surface area is 110 Å². The maximum absolute atomic E-state index is 11.9. The van der Waals surface area contributed by atoms with E-state index in [-0.39, 0.29) is 29.4 Å². The predicted octanol–water partition coefficient (Wildman–Crippen LogP) is 0.124. The topological polar surface area (TPSA) is 66.5 Å². The molecule has 1 amide bonds. The fourth-order valence-corrected chi connectivity index (χ4v) is 4.11. The van der Waals surface area contributed by atoms with E-state index in [1.54, 1.807) is 0 Å². The zero-order valence-corrected chi connectivity index (χ0v) is 12.5. The molecule has 5 nitrogen and oxygen atoms in total. The summed E-state index contributed by atoms with van der Waals surface area (Å²) in [5.41, 5.74) is 0. The van der Waals surface area contributed by atoms with Crippen molar-refractivity contribution in [3.8, 4) is 0 Å². The number of hydrogen-bond donors (Lipinski definition) is 1. The van der Waals surface area contributed by atoms with E-state index in [4.69, 9.17) is 0 Å². The third-order valence-electron chi connectivity index (χ3n) is 3.52. The van der Waals surface area contributed by atoms with Crippen molar-refractivity contribution in [2.24, 2.45) is 11.8 Å². The number of nitrogens with one attached hydrogen (secondary N) is 1. The standard InChI is InChI=1S/C12H24N2O3S/c1-9(2)11(14(3)4)7-13-12(15)10-5-6-18(16,17)8-10/h9-11H,5-8H2,1-4H3,(H,13,15)/t10-,11-/m0/s1. The van der Waals surface area contributed by atoms with Crippen LogP contribution in [-0.4, -0.2) is 57.4 Å². The van der Waals surface area contributed by atoms with Crippen molar-refractivity contribution in [3.63, 3.8) is 0 Å². The summed E-state index contributed by atoms with van der Waals surface area (Å²) < 4.78 is 22.6. The Morgan fingerprint density at radius 1 is 1.39 bits per heavy atom. The molecular weight excluding hydrogens is 252 g/mol. The van der Waals surface area contributed by atoms with E-state index in [0.717, 1.165) is 0 Å². The Kier molecular flexibility index (Phi) is 5.16. The maximum Gasteiger partial charge on any atom is 0.224 e. The number of carbonyl (C=O) groups excluding carboxylic acids is 1. The SMILES string of the molecule is CC(C)[C@H](CNC(=O)[C@H]1CCS(=O)(=O)C1)N(C)C. The van der Waals surface area contributed by atoms with Gasteiger partial charge >= 0.3 is 0 Å². The van der Waals surface area contributed by atoms with Gasteiger partial charge in [-0.05, 0) is 26.4 Å². The molecule has 6 heteroatoms. The highest BCUT2D eigenvalue weighted by molar-refractivity contribution is 7.91. The first kappa shape index (κ1) is 15.4. The summed E-state index contributed by atoms with van der Waals surface area (Å²) in [7, 11) is 0.983. The highest BCUT2D eigenvalue weighted by Crippen LogP contribution is 2.18. The highest BCUT2D eigenvalue weighted by Gasteiger charge is 2.33. The van der Waals surface area contributed by atoms with Gasteiger partial charge in [0.1, 0.15) is 0 Å². The van der Waals surface area contributed by atoms with Crippen molar-refractivity contribution in [2.75, 3.05) is 32.1 Å². The van der Waals surface area contributed by atoms with Crippen LogP contribution in [0.5, 0.6) is 0 Å². The average molecular weight is 276 g/mol. The van der Waals surface area contributed by atoms with E-state index in [1.807, 2.05) is 14.1 Å². The minimum Gasteiger partial charge on any atom is -0.354 e. The minimum absolute atomic E-state index is 0.00709. The molecule has 18 heavy (non-hydrogen) atoms. The van der Waals surface area contributed by atoms with Crippen LogP contribution >= 0.6 is 0 Å². The molecule has 1 N–H and O–H groups in total. The third kappa shape index (κ3) is 4.24. The lowest BCUT2D eigenvalue weighted by Gasteiger charge is -2.28. The molecule has 0 saturated carbocycles. The summed E-state index contributed by atoms with van der Waals surface area (Å²) in [5, 5.41) is 2.88. The molecule has 0 aromatic rings. The molecule has 0 aromatic carbocycles. The largest absolute Gasteiger partial charge is 0.354 e. The van der Waals surface area contributed by atoms with Crippen molar-refractivity contribution in [2.45, 2.75) is 26.3 Å². The Hall–Kier alpha value is -0.620. The maximum atomic E-state index is 11.9. The molecule has 1 heterocycles. The molecule has 1 aliphatic rings. The van der Waals surface area contributed by atoms with Gasteiger partial charge in [-0.2, -0.15) is 0 Å². The van der Waals surface area contributed by atoms with Crippen molar-refractivity contribution in [1.29, 1.82) is 0 Å². The lowest BCUT2D eigenvalue weighted by atomic mass is 10.0. The van der Waals surface area contributed by atoms with Gasteiger partial charge in [-0.25, -0.2) is 8.42 Å². The summed E-state index contributed by atoms with van der Waals surface area (Å²) in [4.78, 5) is 14.0. The molecule has 1 fully saturated rings. The molecule has 1 saturated heterocycles. The number of hydrogen-bond acceptors (Lipinski definition) is 4. The molecule has 0 spiro atoms. The van der Waals surface area contributed by atoms with E-state index >= 15 is 0 Å². The lowest BCUT2D eigenvalue weighted by molar-refractivity contribution is -0.124. The van der Waals surface area contributed by atoms with Gasteiger partial charge in [0, 0.05) is 12.6 Å². The van der Waals surface area contributed by atoms with Crippen molar-refractivity contribution in [1.82, 2.24) is 10.2 Å². The molecule has 0 aromatic heterocycles. The van der Waals surface area contributed by atoms with E-state index in [2.05, 4.69) is 24.1 Å². The molecule has 2 atom stereocenters. The van der Waals surface area contributed by atoms with Crippen molar-refractivity contribution in [3.05, 3.63) is 0 Å². The van der Waals surface area contributed by atoms with Crippen LogP contribution in [0.1, 0.15) is 20.3 Å². The number of carbonyl (C=O) groups is 1. The van der Waals surface area contributed by atoms with Crippen LogP contribution in [-0.2, 0) is 14.6 Å². The van der Waals surface area contributed by atoms with Crippen molar-refractivity contribution < 1.29 is 13.2 Å². The second-order valence-electron chi connectivity index (χ2n) is 5.62. The summed E-state index contributed by atoms with van der Waals surface area (Å²) in [6.07, 6.45) is 0.461. The summed E-state index contributed by atoms with van der Waals surface area (Å²) in [6.45, 7) is 4.79. The van der Waals surface area contributed by atoms with Crippen LogP contribution in [0.4, 0.5) is 0 Å². The fourth-order valence-electron chi connectivity index (χ4n) is 2.37. The average Bonchev–Trinajstić information content (AvgIpc) is 2.57. The van der Waals surface area contributed by atoms with Gasteiger partial charge in [-0.1, -0.05) is 13.8 Å². The zero-order valence-electron chi connectivity index (χ0n) is 11.6. The number of rotatable bonds is 5. The van der Waals surface area contributed by atoms with Crippen LogP contribution in [0.2, 0.25) is 0 Å². The quantitative estimate of drug-likeness (QED) is 0.775. The highest BCUT2D eigenvalue weighted by atomic mass is 32.2. The summed E-state index contributed by atoms with van der Waals surface area (Å²) in [5.74, 6) is 0.112. The first-order valence-corrected chi connectivity index (χ1v) is 8.19. The molecule has 0 aliphatic carbocycles. The van der Waals surface area contributed by atoms with Gasteiger partial charge in [0.15, 0.2) is 9.84 Å². The first-order chi connectivity index (χ1) is 8.23. The second-order valence-corrected chi connectivity index (χ2v) is 7.85. The molecular formula is C12H24N2O3S. The van der Waals surface area contributed by atoms with E-state index in [1.165, 1.54) is 0 Å². The van der Waals surface area contributed by atoms with Crippen LogP contribution in [0, 0.1) is 11.8 Å². The van der Waals surface area contributed by atoms with E-state index in [0.29, 0.717) is 18.9 Å². The van der Waals surface area contributed by atoms with Crippen molar-refractivity contribution >= 4 is 15.7 Å². The predicted molar refractivity (Wildman–Crippen MR) is 72.1 cm³/mol. The van der Waals surface area contributed by atoms with Gasteiger partial charge in [0.05, 0.1) is 17.4 Å². The number of amides is 1. The third-order valence-corrected chi connectivity index (χ3v) is 5.29. The minimum atomic E-state index is -2.98. The lowest BCUT2D eigenvalue weighted by Crippen LogP contribution is -2.45. The number of sulfone groups is 1. The van der Waals surface area contributed by atoms with Gasteiger partial charge < -0.3 is 10.2 Å². The molecule has 0 unspecified atom stereocenters. The molecule has 106 valence electrons. The van der Waals surface area contributed by atoms with E-state index < -0.39 is 9.84 Å². The van der Waals surface area contributed by atoms with Crippen LogP contribution in [0.3, 0.4) is 0 Å². The molecule has 1 aliphatic heterocycles. The first-order valence-electron chi connectivity index (χ1n) is 6.37. The normalized spacial score (nSPS) is 24.4. The fraction of sp³-hybridized carbons (Fsp3) is 0.917. The monoisotopic (exact) mass is 276 g/mol. The number of nitrogens with zero attached hydrogens (tertiary/aromatic N) is 1. The Morgan fingerprint density at radius 2 is 2.00 bits per heavy atom. The Bertz CT molecular complexity index is 382. The molecule has 1 rings (SSSR count). The number of likely N-dealkylation sites (N-methyl/N-ethyl adjacent to an activating group) is 1. The zero-order chi connectivity index (χ0) is 13.9. The molecule has 0 bridgehead atoms. The Balaban J connectivity index is 2.46. The summed E-state index contributed by atoms with van der Waals surface area (Å²) in [6, 6.07) is 0.270. The van der Waals surface area contributed by atoms with Gasteiger partial charge in [-0.15, -0.1) is 0 Å². The second kappa shape index (κ2) is 6.02. The summed E-state index contributed by atoms with van der Waals surface area (Å²) >= 11 is 0. The van der Waals surface area contributed by atoms with Crippen LogP contribution < -0.4 is 5.32 Å². The van der Waals surface area contributed by atoms with E-state index in [9.17, 15) is 13.2 Å². The van der Waals surface area contributed by atoms with Crippen LogP contribution in [0.25, 0.3) is 0 Å². The van der Waals surface area contributed by atoms with Gasteiger partial charge in [0.2, 0.25) is 5.91 Å². The Morgan fingerprint density at radius 3 is 2.39 bits per heavy atom. The van der Waals surface area contributed by atoms with Gasteiger partial charge in [0.25, 0.3) is 0 Å².